The molecule has 0 spiro atoms. The van der Waals surface area contributed by atoms with Crippen molar-refractivity contribution in [2.24, 2.45) is 0 Å². The lowest BCUT2D eigenvalue weighted by molar-refractivity contribution is -0.119. The van der Waals surface area contributed by atoms with Gasteiger partial charge in [0.25, 0.3) is 5.91 Å². The van der Waals surface area contributed by atoms with E-state index in [4.69, 9.17) is 4.74 Å². The minimum absolute atomic E-state index is 0.0764. The quantitative estimate of drug-likeness (QED) is 0.444. The zero-order chi connectivity index (χ0) is 27.9. The minimum Gasteiger partial charge on any atom is -0.491 e. The molecular weight excluding hydrogens is 543 g/mol. The van der Waals surface area contributed by atoms with Crippen molar-refractivity contribution in [3.8, 4) is 16.2 Å². The van der Waals surface area contributed by atoms with Gasteiger partial charge < -0.3 is 20.3 Å². The third-order valence-electron chi connectivity index (χ3n) is 7.19. The Labute approximate surface area is 230 Å². The van der Waals surface area contributed by atoms with Crippen LogP contribution in [0.3, 0.4) is 0 Å². The lowest BCUT2D eigenvalue weighted by Gasteiger charge is -2.22. The maximum atomic E-state index is 15.1. The molecule has 2 heterocycles. The van der Waals surface area contributed by atoms with E-state index in [2.05, 4.69) is 15.6 Å². The monoisotopic (exact) mass is 572 g/mol. The van der Waals surface area contributed by atoms with Crippen LogP contribution in [0.4, 0.5) is 9.52 Å². The number of thiazole rings is 1. The molecule has 5 rings (SSSR count). The van der Waals surface area contributed by atoms with Crippen molar-refractivity contribution in [2.75, 3.05) is 31.8 Å². The first-order valence-electron chi connectivity index (χ1n) is 12.6. The van der Waals surface area contributed by atoms with E-state index in [1.165, 1.54) is 17.4 Å². The number of amides is 2. The molecule has 2 aliphatic rings. The van der Waals surface area contributed by atoms with Gasteiger partial charge in [-0.25, -0.2) is 17.8 Å². The first-order chi connectivity index (χ1) is 18.6. The molecule has 206 valence electrons. The summed E-state index contributed by atoms with van der Waals surface area (Å²) >= 11 is 1.36. The zero-order valence-corrected chi connectivity index (χ0v) is 23.5. The number of aromatic nitrogens is 1. The van der Waals surface area contributed by atoms with Crippen LogP contribution >= 0.6 is 11.3 Å². The average Bonchev–Trinajstić information content (AvgIpc) is 3.63. The van der Waals surface area contributed by atoms with Crippen molar-refractivity contribution in [3.05, 3.63) is 59.0 Å². The fraction of sp³-hybridized carbons (Fsp3) is 0.370. The fourth-order valence-corrected chi connectivity index (χ4v) is 6.29. The molecule has 0 saturated heterocycles. The molecule has 1 aliphatic carbocycles. The van der Waals surface area contributed by atoms with Crippen LogP contribution in [-0.2, 0) is 27.6 Å². The van der Waals surface area contributed by atoms with Crippen LogP contribution in [0.5, 0.6) is 5.75 Å². The van der Waals surface area contributed by atoms with Crippen LogP contribution in [0.25, 0.3) is 10.4 Å². The molecule has 1 fully saturated rings. The Balaban J connectivity index is 1.38. The van der Waals surface area contributed by atoms with Crippen molar-refractivity contribution >= 4 is 38.1 Å². The number of carbonyl (C=O) groups is 2. The van der Waals surface area contributed by atoms with Gasteiger partial charge in [-0.1, -0.05) is 18.3 Å². The number of carbonyl (C=O) groups excluding carboxylic acids is 2. The maximum Gasteiger partial charge on any atom is 0.254 e. The molecule has 9 nitrogen and oxygen atoms in total. The summed E-state index contributed by atoms with van der Waals surface area (Å²) in [7, 11) is -2.00. The second-order valence-corrected chi connectivity index (χ2v) is 12.8. The van der Waals surface area contributed by atoms with Crippen LogP contribution in [-0.4, -0.2) is 62.1 Å². The first kappa shape index (κ1) is 27.2. The van der Waals surface area contributed by atoms with E-state index < -0.39 is 32.0 Å². The van der Waals surface area contributed by atoms with Crippen LogP contribution in [0, 0.1) is 5.82 Å². The van der Waals surface area contributed by atoms with Crippen molar-refractivity contribution in [1.29, 1.82) is 0 Å². The Bertz CT molecular complexity index is 1570. The molecule has 1 aromatic heterocycles. The SMILES string of the molecule is CCc1c(C(=O)N2CCOc3ccc(-c4cnc(NC(=O)C5(NC)CC5)s4)cc3C2)ccc(S(C)(=O)=O)c1F. The summed E-state index contributed by atoms with van der Waals surface area (Å²) in [5.41, 5.74) is 1.34. The lowest BCUT2D eigenvalue weighted by Crippen LogP contribution is -2.40. The Hall–Kier alpha value is -3.35. The second kappa shape index (κ2) is 10.3. The molecule has 0 unspecified atom stereocenters. The number of hydrogen-bond acceptors (Lipinski definition) is 8. The van der Waals surface area contributed by atoms with Crippen LogP contribution in [0.2, 0.25) is 0 Å². The van der Waals surface area contributed by atoms with Crippen LogP contribution in [0.1, 0.15) is 41.3 Å². The van der Waals surface area contributed by atoms with Gasteiger partial charge in [-0.2, -0.15) is 0 Å². The van der Waals surface area contributed by atoms with Gasteiger partial charge in [-0.15, -0.1) is 0 Å². The van der Waals surface area contributed by atoms with Crippen molar-refractivity contribution in [1.82, 2.24) is 15.2 Å². The summed E-state index contributed by atoms with van der Waals surface area (Å²) in [5, 5.41) is 6.46. The third-order valence-corrected chi connectivity index (χ3v) is 9.27. The largest absolute Gasteiger partial charge is 0.491 e. The molecule has 2 aromatic carbocycles. The van der Waals surface area contributed by atoms with E-state index in [9.17, 15) is 18.0 Å². The van der Waals surface area contributed by atoms with Gasteiger partial charge in [0.15, 0.2) is 15.0 Å². The molecule has 0 atom stereocenters. The summed E-state index contributed by atoms with van der Waals surface area (Å²) in [6, 6.07) is 8.20. The van der Waals surface area contributed by atoms with Crippen molar-refractivity contribution < 1.29 is 27.1 Å². The Morgan fingerprint density at radius 3 is 2.67 bits per heavy atom. The highest BCUT2D eigenvalue weighted by Gasteiger charge is 2.48. The molecule has 1 aliphatic heterocycles. The molecular formula is C27H29FN4O5S2. The van der Waals surface area contributed by atoms with E-state index >= 15 is 4.39 Å². The number of nitrogens with zero attached hydrogens (tertiary/aromatic N) is 2. The first-order valence-corrected chi connectivity index (χ1v) is 15.3. The van der Waals surface area contributed by atoms with Crippen LogP contribution < -0.4 is 15.4 Å². The highest BCUT2D eigenvalue weighted by Crippen LogP contribution is 2.38. The highest BCUT2D eigenvalue weighted by atomic mass is 32.2. The molecule has 0 bridgehead atoms. The number of hydrogen-bond donors (Lipinski definition) is 2. The van der Waals surface area contributed by atoms with Gasteiger partial charge in [0.2, 0.25) is 5.91 Å². The highest BCUT2D eigenvalue weighted by molar-refractivity contribution is 7.90. The number of benzene rings is 2. The van der Waals surface area contributed by atoms with E-state index in [1.54, 1.807) is 25.1 Å². The van der Waals surface area contributed by atoms with E-state index in [-0.39, 0.29) is 43.2 Å². The summed E-state index contributed by atoms with van der Waals surface area (Å²) in [4.78, 5) is 32.4. The number of halogens is 1. The third kappa shape index (κ3) is 5.28. The van der Waals surface area contributed by atoms with E-state index in [0.29, 0.717) is 10.9 Å². The van der Waals surface area contributed by atoms with Gasteiger partial charge >= 0.3 is 0 Å². The second-order valence-electron chi connectivity index (χ2n) is 9.74. The van der Waals surface area contributed by atoms with Gasteiger partial charge in [-0.3, -0.25) is 9.59 Å². The number of anilines is 1. The Morgan fingerprint density at radius 1 is 1.23 bits per heavy atom. The maximum absolute atomic E-state index is 15.1. The lowest BCUT2D eigenvalue weighted by atomic mass is 10.0. The summed E-state index contributed by atoms with van der Waals surface area (Å²) < 4.78 is 44.9. The number of rotatable bonds is 7. The summed E-state index contributed by atoms with van der Waals surface area (Å²) in [6.07, 6.45) is 4.39. The van der Waals surface area contributed by atoms with Crippen molar-refractivity contribution in [2.45, 2.75) is 43.2 Å². The van der Waals surface area contributed by atoms with E-state index in [0.717, 1.165) is 41.2 Å². The number of ether oxygens (including phenoxy) is 1. The normalized spacial score (nSPS) is 16.2. The minimum atomic E-state index is -3.77. The number of nitrogens with one attached hydrogen (secondary N) is 2. The van der Waals surface area contributed by atoms with Gasteiger partial charge in [-0.05, 0) is 62.2 Å². The smallest absolute Gasteiger partial charge is 0.254 e. The number of sulfone groups is 1. The van der Waals surface area contributed by atoms with Gasteiger partial charge in [0.05, 0.1) is 17.0 Å². The fourth-order valence-electron chi connectivity index (χ4n) is 4.72. The average molecular weight is 573 g/mol. The topological polar surface area (TPSA) is 118 Å². The molecule has 1 saturated carbocycles. The zero-order valence-electron chi connectivity index (χ0n) is 21.8. The Kier molecular flexibility index (Phi) is 7.21. The van der Waals surface area contributed by atoms with Gasteiger partial charge in [0, 0.05) is 35.7 Å². The molecule has 3 aromatic rings. The molecule has 2 amide bonds. The van der Waals surface area contributed by atoms with Gasteiger partial charge in [0.1, 0.15) is 23.1 Å². The van der Waals surface area contributed by atoms with E-state index in [1.807, 2.05) is 18.2 Å². The number of likely N-dealkylation sites (N-methyl/N-ethyl adjacent to an activating group) is 1. The molecule has 12 heteroatoms. The molecule has 0 radical (unpaired) electrons. The standard InChI is InChI=1S/C27H29FN4O5S2/c1-4-18-19(6-8-22(23(18)28)39(3,35)36)24(33)32-11-12-37-20-7-5-16(13-17(20)15-32)21-14-30-26(38-21)31-25(34)27(29-2)9-10-27/h5-8,13-14,29H,4,9-12,15H2,1-3H3,(H,30,31,34). The Morgan fingerprint density at radius 2 is 2.00 bits per heavy atom. The summed E-state index contributed by atoms with van der Waals surface area (Å²) in [6.45, 7) is 2.45. The molecule has 39 heavy (non-hydrogen) atoms. The molecule has 2 N–H and O–H groups in total. The number of fused-ring (bicyclic) bond motifs is 1. The summed E-state index contributed by atoms with van der Waals surface area (Å²) in [5.74, 6) is -0.724. The predicted molar refractivity (Wildman–Crippen MR) is 146 cm³/mol. The van der Waals surface area contributed by atoms with Crippen molar-refractivity contribution in [3.63, 3.8) is 0 Å². The van der Waals surface area contributed by atoms with Crippen LogP contribution in [0.15, 0.2) is 41.4 Å². The predicted octanol–water partition coefficient (Wildman–Crippen LogP) is 3.64.